The normalized spacial score (nSPS) is 18.8. The zero-order valence-electron chi connectivity index (χ0n) is 13.2. The number of benzene rings is 1. The van der Waals surface area contributed by atoms with E-state index in [-0.39, 0.29) is 6.54 Å². The third-order valence-corrected chi connectivity index (χ3v) is 3.26. The Bertz CT molecular complexity index is 515. The van der Waals surface area contributed by atoms with Gasteiger partial charge in [-0.05, 0) is 32.9 Å². The Morgan fingerprint density at radius 2 is 1.77 bits per heavy atom. The number of carbonyl (C=O) groups is 1. The average molecular weight is 312 g/mol. The molecule has 1 heterocycles. The summed E-state index contributed by atoms with van der Waals surface area (Å²) in [5, 5.41) is 0. The van der Waals surface area contributed by atoms with E-state index in [1.165, 1.54) is 0 Å². The van der Waals surface area contributed by atoms with Gasteiger partial charge < -0.3 is 14.5 Å². The fraction of sp³-hybridized carbons (Fsp3) is 0.562. The molecule has 1 aliphatic rings. The highest BCUT2D eigenvalue weighted by Crippen LogP contribution is 2.25. The molecule has 0 atom stereocenters. The highest BCUT2D eigenvalue weighted by Gasteiger charge is 2.39. The molecular formula is C16H22F2N2O2. The molecule has 2 rings (SSSR count). The number of hydrogen-bond acceptors (Lipinski definition) is 3. The Kier molecular flexibility index (Phi) is 4.58. The quantitative estimate of drug-likeness (QED) is 0.797. The van der Waals surface area contributed by atoms with Gasteiger partial charge in [0, 0.05) is 18.8 Å². The highest BCUT2D eigenvalue weighted by atomic mass is 19.3. The van der Waals surface area contributed by atoms with Crippen LogP contribution in [0.4, 0.5) is 19.3 Å². The molecule has 0 aromatic heterocycles. The van der Waals surface area contributed by atoms with Crippen molar-refractivity contribution in [1.82, 2.24) is 4.90 Å². The summed E-state index contributed by atoms with van der Waals surface area (Å²) in [6.45, 7) is 4.69. The van der Waals surface area contributed by atoms with Crippen LogP contribution in [0.15, 0.2) is 30.3 Å². The first-order valence-corrected chi connectivity index (χ1v) is 7.32. The molecule has 122 valence electrons. The first-order chi connectivity index (χ1) is 10.2. The van der Waals surface area contributed by atoms with E-state index in [1.807, 2.05) is 18.2 Å². The second-order valence-corrected chi connectivity index (χ2v) is 6.51. The van der Waals surface area contributed by atoms with Gasteiger partial charge in [-0.1, -0.05) is 18.2 Å². The largest absolute Gasteiger partial charge is 0.444 e. The van der Waals surface area contributed by atoms with Gasteiger partial charge in [0.25, 0.3) is 5.92 Å². The van der Waals surface area contributed by atoms with Crippen LogP contribution in [0.5, 0.6) is 0 Å². The average Bonchev–Trinajstić information content (AvgIpc) is 2.56. The fourth-order valence-corrected chi connectivity index (χ4v) is 2.35. The number of carbonyl (C=O) groups excluding carboxylic acids is 1. The number of nitrogens with zero attached hydrogens (tertiary/aromatic N) is 2. The molecule has 0 N–H and O–H groups in total. The van der Waals surface area contributed by atoms with E-state index >= 15 is 0 Å². The van der Waals surface area contributed by atoms with E-state index in [2.05, 4.69) is 0 Å². The van der Waals surface area contributed by atoms with Crippen molar-refractivity contribution in [3.63, 3.8) is 0 Å². The summed E-state index contributed by atoms with van der Waals surface area (Å²) >= 11 is 0. The maximum atomic E-state index is 14.2. The molecule has 0 radical (unpaired) electrons. The standard InChI is InChI=1S/C16H22F2N2O2/c1-15(2,3)22-14(21)20-10-9-19(11-16(17,18)12-20)13-7-5-4-6-8-13/h4-8H,9-12H2,1-3H3. The Morgan fingerprint density at radius 1 is 1.14 bits per heavy atom. The van der Waals surface area contributed by atoms with E-state index in [0.717, 1.165) is 10.6 Å². The maximum Gasteiger partial charge on any atom is 0.410 e. The van der Waals surface area contributed by atoms with Crippen LogP contribution in [0, 0.1) is 0 Å². The summed E-state index contributed by atoms with van der Waals surface area (Å²) in [6, 6.07) is 9.04. The summed E-state index contributed by atoms with van der Waals surface area (Å²) in [7, 11) is 0. The number of amides is 1. The zero-order chi connectivity index (χ0) is 16.4. The minimum atomic E-state index is -2.98. The SMILES string of the molecule is CC(C)(C)OC(=O)N1CCN(c2ccccc2)CC(F)(F)C1. The van der Waals surface area contributed by atoms with Crippen LogP contribution < -0.4 is 4.90 Å². The molecule has 0 bridgehead atoms. The molecule has 6 heteroatoms. The van der Waals surface area contributed by atoms with Gasteiger partial charge in [-0.3, -0.25) is 0 Å². The van der Waals surface area contributed by atoms with Gasteiger partial charge in [0.15, 0.2) is 0 Å². The fourth-order valence-electron chi connectivity index (χ4n) is 2.35. The van der Waals surface area contributed by atoms with Crippen molar-refractivity contribution in [3.8, 4) is 0 Å². The smallest absolute Gasteiger partial charge is 0.410 e. The first kappa shape index (κ1) is 16.5. The van der Waals surface area contributed by atoms with Gasteiger partial charge in [-0.25, -0.2) is 13.6 Å². The second kappa shape index (κ2) is 6.10. The van der Waals surface area contributed by atoms with Crippen LogP contribution in [0.25, 0.3) is 0 Å². The molecule has 1 aromatic carbocycles. The molecule has 0 saturated carbocycles. The van der Waals surface area contributed by atoms with Gasteiger partial charge in [0.1, 0.15) is 5.60 Å². The number of ether oxygens (including phenoxy) is 1. The molecule has 22 heavy (non-hydrogen) atoms. The van der Waals surface area contributed by atoms with E-state index in [9.17, 15) is 13.6 Å². The number of alkyl halides is 2. The molecule has 0 unspecified atom stereocenters. The van der Waals surface area contributed by atoms with Crippen molar-refractivity contribution in [2.75, 3.05) is 31.1 Å². The summed E-state index contributed by atoms with van der Waals surface area (Å²) in [4.78, 5) is 14.7. The molecule has 1 aliphatic heterocycles. The molecule has 0 aliphatic carbocycles. The zero-order valence-corrected chi connectivity index (χ0v) is 13.2. The summed E-state index contributed by atoms with van der Waals surface area (Å²) in [5.41, 5.74) is 0.0332. The Labute approximate surface area is 129 Å². The number of halogens is 2. The molecular weight excluding hydrogens is 290 g/mol. The van der Waals surface area contributed by atoms with Crippen molar-refractivity contribution in [2.45, 2.75) is 32.3 Å². The Balaban J connectivity index is 2.11. The van der Waals surface area contributed by atoms with E-state index in [4.69, 9.17) is 4.74 Å². The molecule has 1 fully saturated rings. The number of anilines is 1. The lowest BCUT2D eigenvalue weighted by Gasteiger charge is -2.27. The summed E-state index contributed by atoms with van der Waals surface area (Å²) in [5.74, 6) is -2.98. The lowest BCUT2D eigenvalue weighted by molar-refractivity contribution is -0.0284. The van der Waals surface area contributed by atoms with Crippen LogP contribution in [0.2, 0.25) is 0 Å². The third-order valence-electron chi connectivity index (χ3n) is 3.26. The minimum Gasteiger partial charge on any atom is -0.444 e. The summed E-state index contributed by atoms with van der Waals surface area (Å²) in [6.07, 6.45) is -0.693. The van der Waals surface area contributed by atoms with Crippen LogP contribution in [-0.4, -0.2) is 48.7 Å². The predicted octanol–water partition coefficient (Wildman–Crippen LogP) is 3.38. The Morgan fingerprint density at radius 3 is 2.36 bits per heavy atom. The second-order valence-electron chi connectivity index (χ2n) is 6.51. The number of para-hydroxylation sites is 1. The van der Waals surface area contributed by atoms with Crippen LogP contribution in [0.3, 0.4) is 0 Å². The summed E-state index contributed by atoms with van der Waals surface area (Å²) < 4.78 is 33.5. The van der Waals surface area contributed by atoms with Crippen LogP contribution in [0.1, 0.15) is 20.8 Å². The molecule has 0 spiro atoms. The van der Waals surface area contributed by atoms with Gasteiger partial charge >= 0.3 is 6.09 Å². The lowest BCUT2D eigenvalue weighted by Crippen LogP contribution is -2.44. The predicted molar refractivity (Wildman–Crippen MR) is 81.4 cm³/mol. The van der Waals surface area contributed by atoms with Crippen molar-refractivity contribution < 1.29 is 18.3 Å². The monoisotopic (exact) mass is 312 g/mol. The number of hydrogen-bond donors (Lipinski definition) is 0. The minimum absolute atomic E-state index is 0.208. The van der Waals surface area contributed by atoms with Crippen molar-refractivity contribution in [3.05, 3.63) is 30.3 Å². The number of rotatable bonds is 1. The van der Waals surface area contributed by atoms with Crippen molar-refractivity contribution in [1.29, 1.82) is 0 Å². The van der Waals surface area contributed by atoms with Crippen molar-refractivity contribution >= 4 is 11.8 Å². The van der Waals surface area contributed by atoms with Gasteiger partial charge in [0.2, 0.25) is 0 Å². The van der Waals surface area contributed by atoms with E-state index in [0.29, 0.717) is 6.54 Å². The van der Waals surface area contributed by atoms with Gasteiger partial charge in [-0.2, -0.15) is 0 Å². The van der Waals surface area contributed by atoms with Gasteiger partial charge in [-0.15, -0.1) is 0 Å². The first-order valence-electron chi connectivity index (χ1n) is 7.32. The maximum absolute atomic E-state index is 14.2. The highest BCUT2D eigenvalue weighted by molar-refractivity contribution is 5.68. The Hall–Kier alpha value is -1.85. The molecule has 4 nitrogen and oxygen atoms in total. The van der Waals surface area contributed by atoms with Gasteiger partial charge in [0.05, 0.1) is 13.1 Å². The lowest BCUT2D eigenvalue weighted by atomic mass is 10.2. The van der Waals surface area contributed by atoms with E-state index in [1.54, 1.807) is 37.8 Å². The molecule has 1 aromatic rings. The third kappa shape index (κ3) is 4.58. The van der Waals surface area contributed by atoms with E-state index < -0.39 is 30.7 Å². The molecule has 1 saturated heterocycles. The van der Waals surface area contributed by atoms with Crippen LogP contribution in [-0.2, 0) is 4.74 Å². The topological polar surface area (TPSA) is 32.8 Å². The molecule has 1 amide bonds. The van der Waals surface area contributed by atoms with Crippen molar-refractivity contribution in [2.24, 2.45) is 0 Å². The van der Waals surface area contributed by atoms with Crippen LogP contribution >= 0.6 is 0 Å².